The highest BCUT2D eigenvalue weighted by molar-refractivity contribution is 6.18. The molecule has 0 unspecified atom stereocenters. The van der Waals surface area contributed by atoms with Gasteiger partial charge in [0.15, 0.2) is 0 Å². The van der Waals surface area contributed by atoms with Gasteiger partial charge in [-0.2, -0.15) is 0 Å². The van der Waals surface area contributed by atoms with E-state index in [4.69, 9.17) is 0 Å². The van der Waals surface area contributed by atoms with Gasteiger partial charge < -0.3 is 4.74 Å². The first-order chi connectivity index (χ1) is 5.29. The van der Waals surface area contributed by atoms with Crippen molar-refractivity contribution in [2.24, 2.45) is 0 Å². The van der Waals surface area contributed by atoms with Crippen LogP contribution in [0.25, 0.3) is 0 Å². The highest BCUT2D eigenvalue weighted by Crippen LogP contribution is 2.26. The Labute approximate surface area is 63.3 Å². The van der Waals surface area contributed by atoms with Crippen molar-refractivity contribution in [3.05, 3.63) is 23.3 Å². The Morgan fingerprint density at radius 3 is 1.91 bits per heavy atom. The van der Waals surface area contributed by atoms with Crippen molar-refractivity contribution in [1.29, 1.82) is 0 Å². The monoisotopic (exact) mass is 150 g/mol. The SMILES string of the molecule is O=C1OC(=O)C2=CCCC=C12. The molecule has 1 aliphatic carbocycles. The van der Waals surface area contributed by atoms with Crippen LogP contribution in [-0.2, 0) is 14.3 Å². The predicted molar refractivity (Wildman–Crippen MR) is 36.5 cm³/mol. The normalized spacial score (nSPS) is 22.2. The zero-order valence-electron chi connectivity index (χ0n) is 5.79. The fourth-order valence-electron chi connectivity index (χ4n) is 1.26. The summed E-state index contributed by atoms with van der Waals surface area (Å²) in [5, 5.41) is 0. The van der Waals surface area contributed by atoms with Crippen LogP contribution in [0, 0.1) is 0 Å². The number of carbonyl (C=O) groups excluding carboxylic acids is 2. The Hall–Kier alpha value is -1.38. The van der Waals surface area contributed by atoms with Gasteiger partial charge >= 0.3 is 11.9 Å². The van der Waals surface area contributed by atoms with E-state index in [9.17, 15) is 9.59 Å². The van der Waals surface area contributed by atoms with Gasteiger partial charge in [0.1, 0.15) is 0 Å². The van der Waals surface area contributed by atoms with Gasteiger partial charge in [0.2, 0.25) is 0 Å². The van der Waals surface area contributed by atoms with Crippen LogP contribution >= 0.6 is 0 Å². The largest absolute Gasteiger partial charge is 0.386 e. The standard InChI is InChI=1S/C8H6O3/c9-7-5-3-1-2-4-6(5)8(10)11-7/h3-4H,1-2H2. The van der Waals surface area contributed by atoms with Crippen molar-refractivity contribution >= 4 is 11.9 Å². The third-order valence-electron chi connectivity index (χ3n) is 1.78. The number of rotatable bonds is 0. The summed E-state index contributed by atoms with van der Waals surface area (Å²) in [7, 11) is 0. The molecule has 0 amide bonds. The van der Waals surface area contributed by atoms with Crippen molar-refractivity contribution < 1.29 is 14.3 Å². The van der Waals surface area contributed by atoms with Gasteiger partial charge in [-0.25, -0.2) is 9.59 Å². The first kappa shape index (κ1) is 6.34. The van der Waals surface area contributed by atoms with E-state index >= 15 is 0 Å². The highest BCUT2D eigenvalue weighted by Gasteiger charge is 2.33. The summed E-state index contributed by atoms with van der Waals surface area (Å²) in [4.78, 5) is 21.7. The van der Waals surface area contributed by atoms with Crippen molar-refractivity contribution in [3.8, 4) is 0 Å². The van der Waals surface area contributed by atoms with Gasteiger partial charge in [-0.1, -0.05) is 12.2 Å². The van der Waals surface area contributed by atoms with E-state index in [1.54, 1.807) is 12.2 Å². The Kier molecular flexibility index (Phi) is 1.18. The predicted octanol–water partition coefficient (Wildman–Crippen LogP) is 0.716. The van der Waals surface area contributed by atoms with Crippen molar-refractivity contribution in [2.45, 2.75) is 12.8 Å². The smallest absolute Gasteiger partial charge is 0.346 e. The second-order valence-corrected chi connectivity index (χ2v) is 2.49. The number of hydrogen-bond donors (Lipinski definition) is 0. The van der Waals surface area contributed by atoms with E-state index in [1.165, 1.54) is 0 Å². The Morgan fingerprint density at radius 2 is 1.45 bits per heavy atom. The lowest BCUT2D eigenvalue weighted by Gasteiger charge is -1.99. The van der Waals surface area contributed by atoms with Gasteiger partial charge in [0.05, 0.1) is 11.1 Å². The van der Waals surface area contributed by atoms with Gasteiger partial charge in [0, 0.05) is 0 Å². The molecule has 1 saturated heterocycles. The molecule has 1 fully saturated rings. The van der Waals surface area contributed by atoms with Crippen LogP contribution in [0.15, 0.2) is 23.3 Å². The molecule has 0 bridgehead atoms. The summed E-state index contributed by atoms with van der Waals surface area (Å²) in [6.45, 7) is 0. The second-order valence-electron chi connectivity index (χ2n) is 2.49. The minimum absolute atomic E-state index is 0.446. The van der Waals surface area contributed by atoms with Crippen molar-refractivity contribution in [2.75, 3.05) is 0 Å². The molecule has 3 nitrogen and oxygen atoms in total. The molecule has 0 saturated carbocycles. The fraction of sp³-hybridized carbons (Fsp3) is 0.250. The summed E-state index contributed by atoms with van der Waals surface area (Å²) >= 11 is 0. The average molecular weight is 150 g/mol. The zero-order chi connectivity index (χ0) is 7.84. The van der Waals surface area contributed by atoms with Crippen LogP contribution in [0.2, 0.25) is 0 Å². The number of esters is 2. The molecule has 2 rings (SSSR count). The Morgan fingerprint density at radius 1 is 1.00 bits per heavy atom. The molecule has 11 heavy (non-hydrogen) atoms. The summed E-state index contributed by atoms with van der Waals surface area (Å²) in [6.07, 6.45) is 5.15. The lowest BCUT2D eigenvalue weighted by molar-refractivity contribution is -0.149. The lowest BCUT2D eigenvalue weighted by atomic mass is 10.0. The zero-order valence-corrected chi connectivity index (χ0v) is 5.79. The molecular weight excluding hydrogens is 144 g/mol. The summed E-state index contributed by atoms with van der Waals surface area (Å²) in [5.74, 6) is -0.998. The first-order valence-electron chi connectivity index (χ1n) is 3.46. The molecule has 0 aromatic carbocycles. The van der Waals surface area contributed by atoms with E-state index in [0.717, 1.165) is 12.8 Å². The third-order valence-corrected chi connectivity index (χ3v) is 1.78. The quantitative estimate of drug-likeness (QED) is 0.377. The molecular formula is C8H6O3. The fourth-order valence-corrected chi connectivity index (χ4v) is 1.26. The molecule has 0 aromatic heterocycles. The van der Waals surface area contributed by atoms with E-state index in [-0.39, 0.29) is 0 Å². The van der Waals surface area contributed by atoms with Crippen LogP contribution in [0.3, 0.4) is 0 Å². The van der Waals surface area contributed by atoms with Crippen molar-refractivity contribution in [1.82, 2.24) is 0 Å². The van der Waals surface area contributed by atoms with E-state index in [1.807, 2.05) is 0 Å². The van der Waals surface area contributed by atoms with Gasteiger partial charge in [-0.05, 0) is 12.8 Å². The average Bonchev–Trinajstić information content (AvgIpc) is 2.30. The Bertz CT molecular complexity index is 266. The summed E-state index contributed by atoms with van der Waals surface area (Å²) in [5.41, 5.74) is 0.891. The van der Waals surface area contributed by atoms with Crippen LogP contribution in [0.1, 0.15) is 12.8 Å². The molecule has 2 aliphatic rings. The molecule has 1 aliphatic heterocycles. The lowest BCUT2D eigenvalue weighted by Crippen LogP contribution is -1.96. The van der Waals surface area contributed by atoms with Gasteiger partial charge in [-0.15, -0.1) is 0 Å². The molecule has 0 spiro atoms. The van der Waals surface area contributed by atoms with E-state index < -0.39 is 11.9 Å². The van der Waals surface area contributed by atoms with Gasteiger partial charge in [0.25, 0.3) is 0 Å². The summed E-state index contributed by atoms with van der Waals surface area (Å²) < 4.78 is 4.39. The van der Waals surface area contributed by atoms with Crippen LogP contribution in [-0.4, -0.2) is 11.9 Å². The molecule has 56 valence electrons. The molecule has 0 aromatic rings. The number of ether oxygens (including phenoxy) is 1. The molecule has 0 radical (unpaired) electrons. The highest BCUT2D eigenvalue weighted by atomic mass is 16.6. The number of allylic oxidation sites excluding steroid dienone is 2. The van der Waals surface area contributed by atoms with Crippen LogP contribution < -0.4 is 0 Å². The minimum atomic E-state index is -0.499. The number of cyclic esters (lactones) is 2. The second kappa shape index (κ2) is 2.05. The number of hydrogen-bond acceptors (Lipinski definition) is 3. The van der Waals surface area contributed by atoms with Crippen LogP contribution in [0.4, 0.5) is 0 Å². The molecule has 0 atom stereocenters. The van der Waals surface area contributed by atoms with Gasteiger partial charge in [-0.3, -0.25) is 0 Å². The first-order valence-corrected chi connectivity index (χ1v) is 3.46. The molecule has 0 N–H and O–H groups in total. The summed E-state index contributed by atoms with van der Waals surface area (Å²) in [6, 6.07) is 0. The molecule has 1 heterocycles. The minimum Gasteiger partial charge on any atom is -0.386 e. The maximum absolute atomic E-state index is 10.9. The van der Waals surface area contributed by atoms with E-state index in [2.05, 4.69) is 4.74 Å². The maximum atomic E-state index is 10.9. The topological polar surface area (TPSA) is 43.4 Å². The van der Waals surface area contributed by atoms with Crippen LogP contribution in [0.5, 0.6) is 0 Å². The molecule has 3 heteroatoms. The van der Waals surface area contributed by atoms with E-state index in [0.29, 0.717) is 11.1 Å². The van der Waals surface area contributed by atoms with Crippen molar-refractivity contribution in [3.63, 3.8) is 0 Å². The number of carbonyl (C=O) groups is 2. The maximum Gasteiger partial charge on any atom is 0.346 e. The Balaban J connectivity index is 2.49. The number of fused-ring (bicyclic) bond motifs is 1. The third kappa shape index (κ3) is 0.808.